The van der Waals surface area contributed by atoms with E-state index in [1.807, 2.05) is 13.8 Å². The lowest BCUT2D eigenvalue weighted by Gasteiger charge is -2.29. The third kappa shape index (κ3) is 6.80. The van der Waals surface area contributed by atoms with Crippen molar-refractivity contribution in [3.8, 4) is 0 Å². The second kappa shape index (κ2) is 10.6. The Hall–Kier alpha value is -2.69. The Kier molecular flexibility index (Phi) is 8.83. The van der Waals surface area contributed by atoms with Crippen molar-refractivity contribution in [3.05, 3.63) is 0 Å². The normalized spacial score (nSPS) is 18.4. The van der Waals surface area contributed by atoms with Crippen LogP contribution < -0.4 is 16.4 Å². The van der Waals surface area contributed by atoms with Crippen LogP contribution in [0.2, 0.25) is 0 Å². The standard InChI is InChI=1S/C17H28N4O7/c1-9(2)6-11(16(26)21-5-3-4-12(21)17(27)28)20-15(25)10(7-14(23)24)19-13(22)8-18/h9-12H,3-8,18H2,1-2H3,(H,19,22)(H,20,25)(H,23,24)(H,27,28). The molecule has 0 spiro atoms. The van der Waals surface area contributed by atoms with Gasteiger partial charge in [-0.25, -0.2) is 4.79 Å². The molecule has 3 unspecified atom stereocenters. The van der Waals surface area contributed by atoms with Crippen molar-refractivity contribution in [2.75, 3.05) is 13.1 Å². The number of hydrogen-bond donors (Lipinski definition) is 5. The van der Waals surface area contributed by atoms with Crippen molar-refractivity contribution in [1.82, 2.24) is 15.5 Å². The first kappa shape index (κ1) is 23.3. The highest BCUT2D eigenvalue weighted by atomic mass is 16.4. The van der Waals surface area contributed by atoms with Crippen molar-refractivity contribution >= 4 is 29.7 Å². The Morgan fingerprint density at radius 3 is 2.25 bits per heavy atom. The van der Waals surface area contributed by atoms with Crippen LogP contribution in [0.3, 0.4) is 0 Å². The molecule has 1 heterocycles. The summed E-state index contributed by atoms with van der Waals surface area (Å²) in [5.41, 5.74) is 5.19. The number of nitrogens with one attached hydrogen (secondary N) is 2. The van der Waals surface area contributed by atoms with Crippen molar-refractivity contribution in [1.29, 1.82) is 0 Å². The van der Waals surface area contributed by atoms with Crippen molar-refractivity contribution in [3.63, 3.8) is 0 Å². The van der Waals surface area contributed by atoms with Gasteiger partial charge in [0.1, 0.15) is 18.1 Å². The maximum Gasteiger partial charge on any atom is 0.326 e. The Morgan fingerprint density at radius 1 is 1.11 bits per heavy atom. The summed E-state index contributed by atoms with van der Waals surface area (Å²) in [5.74, 6) is -4.51. The van der Waals surface area contributed by atoms with Gasteiger partial charge in [-0.1, -0.05) is 13.8 Å². The SMILES string of the molecule is CC(C)CC(NC(=O)C(CC(=O)O)NC(=O)CN)C(=O)N1CCCC1C(=O)O. The van der Waals surface area contributed by atoms with Crippen LogP contribution in [0, 0.1) is 5.92 Å². The molecule has 0 bridgehead atoms. The van der Waals surface area contributed by atoms with Gasteiger partial charge in [-0.3, -0.25) is 19.2 Å². The monoisotopic (exact) mass is 400 g/mol. The van der Waals surface area contributed by atoms with E-state index in [4.69, 9.17) is 10.8 Å². The topological polar surface area (TPSA) is 179 Å². The summed E-state index contributed by atoms with van der Waals surface area (Å²) in [5, 5.41) is 23.0. The smallest absolute Gasteiger partial charge is 0.326 e. The number of likely N-dealkylation sites (tertiary alicyclic amines) is 1. The highest BCUT2D eigenvalue weighted by Crippen LogP contribution is 2.20. The van der Waals surface area contributed by atoms with E-state index in [0.29, 0.717) is 12.8 Å². The molecule has 28 heavy (non-hydrogen) atoms. The molecule has 1 rings (SSSR count). The molecule has 1 fully saturated rings. The van der Waals surface area contributed by atoms with Crippen molar-refractivity contribution in [2.45, 2.75) is 57.7 Å². The summed E-state index contributed by atoms with van der Waals surface area (Å²) in [4.78, 5) is 60.5. The maximum atomic E-state index is 12.9. The minimum atomic E-state index is -1.40. The third-order valence-electron chi connectivity index (χ3n) is 4.36. The summed E-state index contributed by atoms with van der Waals surface area (Å²) in [6.07, 6.45) is 0.427. The average molecular weight is 400 g/mol. The van der Waals surface area contributed by atoms with E-state index >= 15 is 0 Å². The van der Waals surface area contributed by atoms with Crippen LogP contribution >= 0.6 is 0 Å². The molecule has 3 amide bonds. The molecular formula is C17H28N4O7. The number of carbonyl (C=O) groups is 5. The third-order valence-corrected chi connectivity index (χ3v) is 4.36. The van der Waals surface area contributed by atoms with E-state index in [-0.39, 0.29) is 18.9 Å². The second-order valence-corrected chi connectivity index (χ2v) is 7.14. The lowest BCUT2D eigenvalue weighted by atomic mass is 10.0. The van der Waals surface area contributed by atoms with Crippen LogP contribution in [0.4, 0.5) is 0 Å². The molecular weight excluding hydrogens is 372 g/mol. The minimum Gasteiger partial charge on any atom is -0.481 e. The van der Waals surface area contributed by atoms with E-state index < -0.39 is 60.8 Å². The number of amides is 3. The van der Waals surface area contributed by atoms with E-state index in [0.717, 1.165) is 0 Å². The molecule has 0 aromatic heterocycles. The summed E-state index contributed by atoms with van der Waals surface area (Å²) >= 11 is 0. The number of carboxylic acids is 2. The summed E-state index contributed by atoms with van der Waals surface area (Å²) in [6.45, 7) is 3.50. The van der Waals surface area contributed by atoms with Crippen LogP contribution in [0.15, 0.2) is 0 Å². The van der Waals surface area contributed by atoms with Crippen molar-refractivity contribution < 1.29 is 34.2 Å². The number of rotatable bonds is 10. The fraction of sp³-hybridized carbons (Fsp3) is 0.706. The van der Waals surface area contributed by atoms with Gasteiger partial charge in [0.2, 0.25) is 17.7 Å². The molecule has 0 radical (unpaired) electrons. The Bertz CT molecular complexity index is 623. The van der Waals surface area contributed by atoms with Gasteiger partial charge in [-0.2, -0.15) is 0 Å². The Balaban J connectivity index is 2.97. The number of nitrogens with two attached hydrogens (primary N) is 1. The average Bonchev–Trinajstić information content (AvgIpc) is 3.08. The molecule has 1 saturated heterocycles. The van der Waals surface area contributed by atoms with Gasteiger partial charge in [0.25, 0.3) is 0 Å². The van der Waals surface area contributed by atoms with E-state index in [9.17, 15) is 29.1 Å². The van der Waals surface area contributed by atoms with Crippen LogP contribution in [-0.2, 0) is 24.0 Å². The molecule has 158 valence electrons. The van der Waals surface area contributed by atoms with E-state index in [1.54, 1.807) is 0 Å². The van der Waals surface area contributed by atoms with Crippen LogP contribution in [0.25, 0.3) is 0 Å². The highest BCUT2D eigenvalue weighted by molar-refractivity contribution is 5.95. The van der Waals surface area contributed by atoms with Crippen LogP contribution in [0.1, 0.15) is 39.5 Å². The molecule has 0 aromatic carbocycles. The van der Waals surface area contributed by atoms with Gasteiger partial charge in [0, 0.05) is 6.54 Å². The molecule has 3 atom stereocenters. The van der Waals surface area contributed by atoms with Gasteiger partial charge < -0.3 is 31.5 Å². The zero-order chi connectivity index (χ0) is 21.4. The van der Waals surface area contributed by atoms with Crippen LogP contribution in [0.5, 0.6) is 0 Å². The van der Waals surface area contributed by atoms with E-state index in [2.05, 4.69) is 10.6 Å². The van der Waals surface area contributed by atoms with Gasteiger partial charge >= 0.3 is 11.9 Å². The van der Waals surface area contributed by atoms with E-state index in [1.165, 1.54) is 4.90 Å². The summed E-state index contributed by atoms with van der Waals surface area (Å²) in [7, 11) is 0. The fourth-order valence-corrected chi connectivity index (χ4v) is 3.09. The molecule has 11 nitrogen and oxygen atoms in total. The first-order valence-electron chi connectivity index (χ1n) is 9.11. The lowest BCUT2D eigenvalue weighted by molar-refractivity contribution is -0.150. The highest BCUT2D eigenvalue weighted by Gasteiger charge is 2.38. The first-order chi connectivity index (χ1) is 13.1. The Morgan fingerprint density at radius 2 is 1.75 bits per heavy atom. The number of aliphatic carboxylic acids is 2. The predicted molar refractivity (Wildman–Crippen MR) is 97.0 cm³/mol. The van der Waals surface area contributed by atoms with Gasteiger partial charge in [-0.15, -0.1) is 0 Å². The zero-order valence-corrected chi connectivity index (χ0v) is 16.0. The number of carboxylic acid groups (broad SMARTS) is 2. The summed E-state index contributed by atoms with van der Waals surface area (Å²) < 4.78 is 0. The minimum absolute atomic E-state index is 0.00307. The largest absolute Gasteiger partial charge is 0.481 e. The van der Waals surface area contributed by atoms with Gasteiger partial charge in [-0.05, 0) is 25.2 Å². The molecule has 0 aromatic rings. The van der Waals surface area contributed by atoms with Crippen LogP contribution in [-0.4, -0.2) is 76.0 Å². The second-order valence-electron chi connectivity index (χ2n) is 7.14. The molecule has 0 saturated carbocycles. The first-order valence-corrected chi connectivity index (χ1v) is 9.11. The lowest BCUT2D eigenvalue weighted by Crippen LogP contribution is -2.56. The van der Waals surface area contributed by atoms with Crippen molar-refractivity contribution in [2.24, 2.45) is 11.7 Å². The predicted octanol–water partition coefficient (Wildman–Crippen LogP) is -1.49. The van der Waals surface area contributed by atoms with Gasteiger partial charge in [0.05, 0.1) is 13.0 Å². The molecule has 6 N–H and O–H groups in total. The number of hydrogen-bond acceptors (Lipinski definition) is 6. The Labute approximate surface area is 162 Å². The fourth-order valence-electron chi connectivity index (χ4n) is 3.09. The number of carbonyl (C=O) groups excluding carboxylic acids is 3. The molecule has 11 heteroatoms. The molecule has 0 aliphatic carbocycles. The quantitative estimate of drug-likeness (QED) is 0.294. The summed E-state index contributed by atoms with van der Waals surface area (Å²) in [6, 6.07) is -3.38. The number of nitrogens with zero attached hydrogens (tertiary/aromatic N) is 1. The zero-order valence-electron chi connectivity index (χ0n) is 16.0. The molecule has 1 aliphatic heterocycles. The molecule has 1 aliphatic rings. The van der Waals surface area contributed by atoms with Gasteiger partial charge in [0.15, 0.2) is 0 Å². The maximum absolute atomic E-state index is 12.9.